The highest BCUT2D eigenvalue weighted by atomic mass is 32.2. The van der Waals surface area contributed by atoms with Crippen molar-refractivity contribution in [2.24, 2.45) is 0 Å². The number of aromatic nitrogens is 1. The maximum absolute atomic E-state index is 12.3. The number of ether oxygens (including phenoxy) is 1. The van der Waals surface area contributed by atoms with Gasteiger partial charge >= 0.3 is 5.97 Å². The molecule has 0 amide bonds. The highest BCUT2D eigenvalue weighted by Gasteiger charge is 2.23. The molecule has 27 heavy (non-hydrogen) atoms. The summed E-state index contributed by atoms with van der Waals surface area (Å²) in [6, 6.07) is 9.05. The molecule has 0 radical (unpaired) electrons. The molecule has 0 bridgehead atoms. The second kappa shape index (κ2) is 8.03. The van der Waals surface area contributed by atoms with Crippen LogP contribution in [-0.2, 0) is 26.2 Å². The van der Waals surface area contributed by atoms with Gasteiger partial charge in [0.1, 0.15) is 24.6 Å². The van der Waals surface area contributed by atoms with Gasteiger partial charge in [0.05, 0.1) is 9.77 Å². The fourth-order valence-electron chi connectivity index (χ4n) is 2.22. The maximum atomic E-state index is 12.3. The Morgan fingerprint density at radius 2 is 2.04 bits per heavy atom. The lowest BCUT2D eigenvalue weighted by Crippen LogP contribution is -2.39. The first-order chi connectivity index (χ1) is 12.8. The van der Waals surface area contributed by atoms with Gasteiger partial charge in [-0.25, -0.2) is 13.4 Å². The normalized spacial score (nSPS) is 12.7. The first kappa shape index (κ1) is 19.3. The van der Waals surface area contributed by atoms with Gasteiger partial charge in [-0.15, -0.1) is 11.3 Å². The van der Waals surface area contributed by atoms with Crippen LogP contribution in [0.25, 0.3) is 10.8 Å². The second-order valence-electron chi connectivity index (χ2n) is 5.89. The number of esters is 1. The Hall–Kier alpha value is -2.49. The number of hydrogen-bond acceptors (Lipinski definition) is 7. The lowest BCUT2D eigenvalue weighted by Gasteiger charge is -2.13. The number of aryl methyl sites for hydroxylation is 1. The molecular weight excluding hydrogens is 388 g/mol. The number of benzene rings is 1. The number of carbonyl (C=O) groups is 1. The minimum absolute atomic E-state index is 0.0878. The van der Waals surface area contributed by atoms with E-state index in [1.807, 2.05) is 24.4 Å². The van der Waals surface area contributed by atoms with Crippen molar-refractivity contribution < 1.29 is 22.4 Å². The fraction of sp³-hybridized carbons (Fsp3) is 0.222. The lowest BCUT2D eigenvalue weighted by atomic mass is 10.2. The molecule has 2 heterocycles. The highest BCUT2D eigenvalue weighted by Crippen LogP contribution is 2.23. The maximum Gasteiger partial charge on any atom is 0.324 e. The van der Waals surface area contributed by atoms with Crippen molar-refractivity contribution in [1.82, 2.24) is 9.71 Å². The summed E-state index contributed by atoms with van der Waals surface area (Å²) >= 11 is 1.48. The summed E-state index contributed by atoms with van der Waals surface area (Å²) in [7, 11) is -3.81. The van der Waals surface area contributed by atoms with Crippen LogP contribution in [0.5, 0.6) is 0 Å². The number of rotatable bonds is 7. The minimum atomic E-state index is -3.81. The van der Waals surface area contributed by atoms with Crippen molar-refractivity contribution in [1.29, 1.82) is 0 Å². The highest BCUT2D eigenvalue weighted by molar-refractivity contribution is 7.89. The molecular formula is C18H18N2O5S2. The van der Waals surface area contributed by atoms with Gasteiger partial charge in [-0.05, 0) is 37.4 Å². The Labute approximate surface area is 161 Å². The minimum Gasteiger partial charge on any atom is -0.458 e. The van der Waals surface area contributed by atoms with Crippen LogP contribution in [0, 0.1) is 6.92 Å². The van der Waals surface area contributed by atoms with Crippen LogP contribution >= 0.6 is 11.3 Å². The zero-order valence-electron chi connectivity index (χ0n) is 14.7. The molecule has 3 rings (SSSR count). The number of oxazole rings is 1. The number of sulfonamides is 1. The molecule has 0 aliphatic heterocycles. The van der Waals surface area contributed by atoms with Gasteiger partial charge in [0, 0.05) is 0 Å². The number of thiophene rings is 1. The van der Waals surface area contributed by atoms with E-state index in [0.29, 0.717) is 11.6 Å². The molecule has 0 fully saturated rings. The molecule has 7 nitrogen and oxygen atoms in total. The lowest BCUT2D eigenvalue weighted by molar-refractivity contribution is -0.146. The van der Waals surface area contributed by atoms with Crippen LogP contribution in [0.4, 0.5) is 0 Å². The summed E-state index contributed by atoms with van der Waals surface area (Å²) in [5.41, 5.74) is 1.39. The summed E-state index contributed by atoms with van der Waals surface area (Å²) in [5, 5.41) is 1.90. The van der Waals surface area contributed by atoms with Crippen molar-refractivity contribution >= 4 is 27.3 Å². The largest absolute Gasteiger partial charge is 0.458 e. The van der Waals surface area contributed by atoms with Crippen LogP contribution in [0.2, 0.25) is 0 Å². The van der Waals surface area contributed by atoms with Gasteiger partial charge in [0.15, 0.2) is 0 Å². The molecule has 142 valence electrons. The van der Waals surface area contributed by atoms with Crippen LogP contribution in [0.1, 0.15) is 18.2 Å². The van der Waals surface area contributed by atoms with Crippen molar-refractivity contribution in [2.75, 3.05) is 0 Å². The third-order valence-electron chi connectivity index (χ3n) is 3.66. The summed E-state index contributed by atoms with van der Waals surface area (Å²) in [4.78, 5) is 17.3. The van der Waals surface area contributed by atoms with E-state index < -0.39 is 22.0 Å². The molecule has 9 heteroatoms. The molecule has 0 aliphatic rings. The number of nitrogens with one attached hydrogen (secondary N) is 1. The van der Waals surface area contributed by atoms with Crippen molar-refractivity contribution in [3.05, 3.63) is 59.3 Å². The van der Waals surface area contributed by atoms with E-state index in [1.165, 1.54) is 36.7 Å². The summed E-state index contributed by atoms with van der Waals surface area (Å²) < 4.78 is 37.4. The second-order valence-corrected chi connectivity index (χ2v) is 8.55. The Kier molecular flexibility index (Phi) is 5.73. The first-order valence-corrected chi connectivity index (χ1v) is 10.5. The van der Waals surface area contributed by atoms with Crippen molar-refractivity contribution in [3.8, 4) is 10.8 Å². The molecule has 1 aromatic carbocycles. The molecule has 1 N–H and O–H groups in total. The molecule has 0 spiro atoms. The predicted octanol–water partition coefficient (Wildman–Crippen LogP) is 3.12. The summed E-state index contributed by atoms with van der Waals surface area (Å²) in [5.74, 6) is -0.254. The molecule has 1 unspecified atom stereocenters. The quantitative estimate of drug-likeness (QED) is 0.605. The third kappa shape index (κ3) is 4.82. The van der Waals surface area contributed by atoms with E-state index in [9.17, 15) is 13.2 Å². The van der Waals surface area contributed by atoms with Crippen LogP contribution in [0.3, 0.4) is 0 Å². The van der Waals surface area contributed by atoms with Gasteiger partial charge in [-0.1, -0.05) is 23.8 Å². The number of carbonyl (C=O) groups excluding carboxylic acids is 1. The first-order valence-electron chi connectivity index (χ1n) is 8.09. The number of hydrogen-bond donors (Lipinski definition) is 1. The monoisotopic (exact) mass is 406 g/mol. The van der Waals surface area contributed by atoms with E-state index in [2.05, 4.69) is 9.71 Å². The molecule has 1 atom stereocenters. The van der Waals surface area contributed by atoms with Crippen molar-refractivity contribution in [3.63, 3.8) is 0 Å². The van der Waals surface area contributed by atoms with E-state index in [0.717, 1.165) is 10.4 Å². The molecule has 0 aliphatic carbocycles. The molecule has 0 saturated carbocycles. The van der Waals surface area contributed by atoms with E-state index in [4.69, 9.17) is 9.15 Å². The van der Waals surface area contributed by atoms with Gasteiger partial charge in [0.2, 0.25) is 15.9 Å². The predicted molar refractivity (Wildman–Crippen MR) is 101 cm³/mol. The standard InChI is InChI=1S/C18H18N2O5S2/c1-12-5-7-15(8-6-12)27(22,23)20-13(2)18(21)25-11-14-10-24-17(19-14)16-4-3-9-26-16/h3-10,13,20H,11H2,1-2H3. The average Bonchev–Trinajstić information content (AvgIpc) is 3.31. The van der Waals surface area contributed by atoms with E-state index >= 15 is 0 Å². The Bertz CT molecular complexity index is 1010. The summed E-state index contributed by atoms with van der Waals surface area (Å²) in [6.45, 7) is 3.18. The van der Waals surface area contributed by atoms with Crippen LogP contribution in [0.15, 0.2) is 57.4 Å². The Morgan fingerprint density at radius 1 is 1.30 bits per heavy atom. The van der Waals surface area contributed by atoms with Gasteiger partial charge in [0.25, 0.3) is 0 Å². The Balaban J connectivity index is 1.57. The molecule has 2 aromatic heterocycles. The molecule has 0 saturated heterocycles. The van der Waals surface area contributed by atoms with E-state index in [1.54, 1.807) is 12.1 Å². The topological polar surface area (TPSA) is 98.5 Å². The van der Waals surface area contributed by atoms with Crippen LogP contribution in [-0.4, -0.2) is 25.4 Å². The molecule has 3 aromatic rings. The smallest absolute Gasteiger partial charge is 0.324 e. The average molecular weight is 406 g/mol. The fourth-order valence-corrected chi connectivity index (χ4v) is 4.07. The SMILES string of the molecule is Cc1ccc(S(=O)(=O)NC(C)C(=O)OCc2coc(-c3cccs3)n2)cc1. The number of nitrogens with zero attached hydrogens (tertiary/aromatic N) is 1. The van der Waals surface area contributed by atoms with Gasteiger partial charge < -0.3 is 9.15 Å². The zero-order chi connectivity index (χ0) is 19.4. The van der Waals surface area contributed by atoms with Crippen molar-refractivity contribution in [2.45, 2.75) is 31.4 Å². The zero-order valence-corrected chi connectivity index (χ0v) is 16.3. The van der Waals surface area contributed by atoms with E-state index in [-0.39, 0.29) is 11.5 Å². The van der Waals surface area contributed by atoms with Crippen LogP contribution < -0.4 is 4.72 Å². The summed E-state index contributed by atoms with van der Waals surface area (Å²) in [6.07, 6.45) is 1.41. The third-order valence-corrected chi connectivity index (χ3v) is 6.08. The van der Waals surface area contributed by atoms with Gasteiger partial charge in [-0.2, -0.15) is 4.72 Å². The van der Waals surface area contributed by atoms with Gasteiger partial charge in [-0.3, -0.25) is 4.79 Å². The Morgan fingerprint density at radius 3 is 2.70 bits per heavy atom.